The van der Waals surface area contributed by atoms with Gasteiger partial charge in [0, 0.05) is 73.5 Å². The number of carbonyl (C=O) groups is 4. The highest BCUT2D eigenvalue weighted by Crippen LogP contribution is 2.26. The van der Waals surface area contributed by atoms with Crippen LogP contribution < -0.4 is 0 Å². The minimum Gasteiger partial charge on any atom is -0.342 e. The van der Waals surface area contributed by atoms with E-state index in [0.717, 1.165) is 58.6 Å². The highest BCUT2D eigenvalue weighted by molar-refractivity contribution is 6.45. The van der Waals surface area contributed by atoms with Gasteiger partial charge in [0.05, 0.1) is 11.1 Å². The van der Waals surface area contributed by atoms with Gasteiger partial charge < -0.3 is 18.9 Å². The number of amides is 2. The maximum atomic E-state index is 13.2. The first kappa shape index (κ1) is 27.8. The van der Waals surface area contributed by atoms with Gasteiger partial charge in [0.2, 0.25) is 0 Å². The fraction of sp³-hybridized carbons (Fsp3) is 0.278. The number of nitrogens with zero attached hydrogens (tertiary/aromatic N) is 4. The number of para-hydroxylation sites is 2. The van der Waals surface area contributed by atoms with Crippen LogP contribution in [0.1, 0.15) is 57.5 Å². The molecule has 2 aliphatic rings. The molecule has 44 heavy (non-hydrogen) atoms. The molecule has 0 atom stereocenters. The van der Waals surface area contributed by atoms with Crippen LogP contribution in [0.5, 0.6) is 0 Å². The molecular formula is C36H34N4O4. The van der Waals surface area contributed by atoms with E-state index in [1.54, 1.807) is 9.80 Å². The first-order chi connectivity index (χ1) is 21.5. The Balaban J connectivity index is 1.11. The van der Waals surface area contributed by atoms with Gasteiger partial charge in [-0.15, -0.1) is 0 Å². The van der Waals surface area contributed by atoms with Gasteiger partial charge in [-0.05, 0) is 48.9 Å². The number of carbonyl (C=O) groups excluding carboxylic acids is 4. The van der Waals surface area contributed by atoms with E-state index < -0.39 is 23.4 Å². The van der Waals surface area contributed by atoms with Crippen LogP contribution in [0, 0.1) is 0 Å². The minimum absolute atomic E-state index is 0.419. The highest BCUT2D eigenvalue weighted by Gasteiger charge is 2.29. The molecule has 0 radical (unpaired) electrons. The van der Waals surface area contributed by atoms with Gasteiger partial charge in [-0.25, -0.2) is 0 Å². The van der Waals surface area contributed by atoms with E-state index in [2.05, 4.69) is 24.3 Å². The molecule has 5 aromatic rings. The summed E-state index contributed by atoms with van der Waals surface area (Å²) in [6.07, 6.45) is 7.37. The Hall–Kier alpha value is -4.98. The van der Waals surface area contributed by atoms with Gasteiger partial charge in [0.25, 0.3) is 23.4 Å². The van der Waals surface area contributed by atoms with Crippen LogP contribution in [0.15, 0.2) is 85.2 Å². The summed E-state index contributed by atoms with van der Waals surface area (Å²) in [7, 11) is 0. The molecule has 8 heteroatoms. The SMILES string of the molecule is O=C(C(=O)N1CCCC1)c1cn(Cc2ccc(Cn3cc(C(=O)C(=O)N4CCCC4)c4ccccc43)cc2)c2ccccc12. The fourth-order valence-electron chi connectivity index (χ4n) is 6.62. The zero-order chi connectivity index (χ0) is 30.2. The number of rotatable bonds is 8. The van der Waals surface area contributed by atoms with Crippen molar-refractivity contribution in [1.29, 1.82) is 0 Å². The molecule has 0 unspecified atom stereocenters. The quantitative estimate of drug-likeness (QED) is 0.182. The Bertz CT molecular complexity index is 1760. The van der Waals surface area contributed by atoms with Crippen LogP contribution >= 0.6 is 0 Å². The second kappa shape index (κ2) is 11.6. The van der Waals surface area contributed by atoms with Gasteiger partial charge in [0.15, 0.2) is 0 Å². The summed E-state index contributed by atoms with van der Waals surface area (Å²) in [5, 5.41) is 1.57. The molecule has 0 spiro atoms. The van der Waals surface area contributed by atoms with Crippen LogP contribution in [-0.2, 0) is 22.7 Å². The average molecular weight is 587 g/mol. The number of ketones is 2. The third-order valence-electron chi connectivity index (χ3n) is 8.97. The van der Waals surface area contributed by atoms with Crippen molar-refractivity contribution >= 4 is 45.2 Å². The predicted octanol–water partition coefficient (Wildman–Crippen LogP) is 5.30. The summed E-state index contributed by atoms with van der Waals surface area (Å²) < 4.78 is 4.06. The van der Waals surface area contributed by atoms with Crippen molar-refractivity contribution in [3.8, 4) is 0 Å². The predicted molar refractivity (Wildman–Crippen MR) is 169 cm³/mol. The largest absolute Gasteiger partial charge is 0.342 e. The van der Waals surface area contributed by atoms with Crippen LogP contribution in [0.3, 0.4) is 0 Å². The monoisotopic (exact) mass is 586 g/mol. The second-order valence-corrected chi connectivity index (χ2v) is 11.8. The Morgan fingerprint density at radius 3 is 1.25 bits per heavy atom. The van der Waals surface area contributed by atoms with Crippen molar-refractivity contribution in [2.45, 2.75) is 38.8 Å². The van der Waals surface area contributed by atoms with E-state index in [-0.39, 0.29) is 0 Å². The van der Waals surface area contributed by atoms with Crippen LogP contribution in [0.25, 0.3) is 21.8 Å². The lowest BCUT2D eigenvalue weighted by Gasteiger charge is -2.13. The van der Waals surface area contributed by atoms with E-state index in [1.807, 2.05) is 70.1 Å². The van der Waals surface area contributed by atoms with E-state index in [0.29, 0.717) is 50.4 Å². The number of likely N-dealkylation sites (tertiary alicyclic amines) is 2. The maximum absolute atomic E-state index is 13.2. The highest BCUT2D eigenvalue weighted by atomic mass is 16.2. The molecule has 0 saturated carbocycles. The number of aromatic nitrogens is 2. The number of fused-ring (bicyclic) bond motifs is 2. The van der Waals surface area contributed by atoms with Crippen molar-refractivity contribution in [3.05, 3.63) is 107 Å². The van der Waals surface area contributed by atoms with E-state index in [9.17, 15) is 19.2 Å². The summed E-state index contributed by atoms with van der Waals surface area (Å²) in [6, 6.07) is 23.7. The molecular weight excluding hydrogens is 552 g/mol. The Morgan fingerprint density at radius 2 is 0.864 bits per heavy atom. The van der Waals surface area contributed by atoms with Crippen LogP contribution in [0.2, 0.25) is 0 Å². The standard InChI is InChI=1S/C36H34N4O4/c41-33(35(43)37-17-5-6-18-37)29-23-39(31-11-3-1-9-27(29)31)21-25-13-15-26(16-14-25)22-40-24-30(28-10-2-4-12-32(28)40)34(42)36(44)38-19-7-8-20-38/h1-4,9-16,23-24H,5-8,17-22H2. The van der Waals surface area contributed by atoms with Gasteiger partial charge in [-0.1, -0.05) is 60.7 Å². The van der Waals surface area contributed by atoms with Crippen LogP contribution in [-0.4, -0.2) is 68.5 Å². The van der Waals surface area contributed by atoms with Gasteiger partial charge in [-0.2, -0.15) is 0 Å². The summed E-state index contributed by atoms with van der Waals surface area (Å²) in [6.45, 7) is 3.67. The summed E-state index contributed by atoms with van der Waals surface area (Å²) >= 11 is 0. The van der Waals surface area contributed by atoms with Crippen LogP contribution in [0.4, 0.5) is 0 Å². The Labute approximate surface area is 255 Å². The number of benzene rings is 3. The molecule has 7 rings (SSSR count). The van der Waals surface area contributed by atoms with E-state index in [4.69, 9.17) is 0 Å². The van der Waals surface area contributed by atoms with E-state index >= 15 is 0 Å². The summed E-state index contributed by atoms with van der Waals surface area (Å²) in [4.78, 5) is 55.5. The zero-order valence-corrected chi connectivity index (χ0v) is 24.6. The zero-order valence-electron chi connectivity index (χ0n) is 24.6. The van der Waals surface area contributed by atoms with Crippen molar-refractivity contribution in [2.24, 2.45) is 0 Å². The third kappa shape index (κ3) is 5.10. The smallest absolute Gasteiger partial charge is 0.295 e. The lowest BCUT2D eigenvalue weighted by Crippen LogP contribution is -2.34. The Morgan fingerprint density at radius 1 is 0.500 bits per heavy atom. The molecule has 0 aliphatic carbocycles. The lowest BCUT2D eigenvalue weighted by molar-refractivity contribution is -0.126. The average Bonchev–Trinajstić information content (AvgIpc) is 3.88. The Kier molecular flexibility index (Phi) is 7.34. The molecule has 0 bridgehead atoms. The molecule has 2 amide bonds. The summed E-state index contributed by atoms with van der Waals surface area (Å²) in [5.74, 6) is -1.73. The third-order valence-corrected chi connectivity index (χ3v) is 8.97. The lowest BCUT2D eigenvalue weighted by atomic mass is 10.1. The first-order valence-corrected chi connectivity index (χ1v) is 15.4. The van der Waals surface area contributed by atoms with Crippen molar-refractivity contribution in [2.75, 3.05) is 26.2 Å². The molecule has 3 aromatic carbocycles. The van der Waals surface area contributed by atoms with Gasteiger partial charge >= 0.3 is 0 Å². The fourth-order valence-corrected chi connectivity index (χ4v) is 6.62. The molecule has 8 nitrogen and oxygen atoms in total. The van der Waals surface area contributed by atoms with Crippen molar-refractivity contribution in [1.82, 2.24) is 18.9 Å². The molecule has 4 heterocycles. The second-order valence-electron chi connectivity index (χ2n) is 11.8. The van der Waals surface area contributed by atoms with Gasteiger partial charge in [-0.3, -0.25) is 19.2 Å². The minimum atomic E-state index is -0.448. The number of hydrogen-bond acceptors (Lipinski definition) is 4. The molecule has 2 saturated heterocycles. The normalized spacial score (nSPS) is 15.0. The summed E-state index contributed by atoms with van der Waals surface area (Å²) in [5.41, 5.74) is 4.83. The molecule has 0 N–H and O–H groups in total. The number of hydrogen-bond donors (Lipinski definition) is 0. The molecule has 222 valence electrons. The van der Waals surface area contributed by atoms with Crippen molar-refractivity contribution < 1.29 is 19.2 Å². The molecule has 2 aliphatic heterocycles. The molecule has 2 fully saturated rings. The maximum Gasteiger partial charge on any atom is 0.295 e. The molecule has 2 aromatic heterocycles. The number of Topliss-reactive ketones (excluding diaryl/α,β-unsaturated/α-hetero) is 2. The topological polar surface area (TPSA) is 84.6 Å². The van der Waals surface area contributed by atoms with Crippen molar-refractivity contribution in [3.63, 3.8) is 0 Å². The van der Waals surface area contributed by atoms with E-state index in [1.165, 1.54) is 0 Å². The van der Waals surface area contributed by atoms with Gasteiger partial charge in [0.1, 0.15) is 0 Å². The first-order valence-electron chi connectivity index (χ1n) is 15.4.